The van der Waals surface area contributed by atoms with Gasteiger partial charge >= 0.3 is 0 Å². The Hall–Kier alpha value is -0.520. The van der Waals surface area contributed by atoms with Crippen molar-refractivity contribution in [3.8, 4) is 11.8 Å². The van der Waals surface area contributed by atoms with Crippen molar-refractivity contribution in [1.29, 1.82) is 0 Å². The number of piperazine rings is 1. The number of rotatable bonds is 3. The molecule has 1 aliphatic carbocycles. The Balaban J connectivity index is 1.65. The zero-order valence-electron chi connectivity index (χ0n) is 13.2. The van der Waals surface area contributed by atoms with E-state index in [2.05, 4.69) is 49.3 Å². The molecule has 1 aliphatic heterocycles. The maximum Gasteiger partial charge on any atom is 0.0602 e. The predicted molar refractivity (Wildman–Crippen MR) is 82.0 cm³/mol. The topological polar surface area (TPSA) is 6.48 Å². The number of nitrogens with zero attached hydrogens (tertiary/aromatic N) is 2. The van der Waals surface area contributed by atoms with Gasteiger partial charge in [0.25, 0.3) is 0 Å². The molecular weight excluding hydrogens is 232 g/mol. The number of hydrogen-bond donors (Lipinski definition) is 0. The molecule has 1 saturated carbocycles. The van der Waals surface area contributed by atoms with E-state index in [0.29, 0.717) is 5.92 Å². The fraction of sp³-hybridized carbons (Fsp3) is 0.882. The lowest BCUT2D eigenvalue weighted by Crippen LogP contribution is -2.54. The summed E-state index contributed by atoms with van der Waals surface area (Å²) in [6.45, 7) is 14.9. The first kappa shape index (κ1) is 14.9. The molecule has 2 nitrogen and oxygen atoms in total. The molecule has 0 aromatic heterocycles. The Morgan fingerprint density at radius 3 is 2.16 bits per heavy atom. The van der Waals surface area contributed by atoms with Crippen LogP contribution in [-0.4, -0.2) is 48.6 Å². The van der Waals surface area contributed by atoms with Crippen LogP contribution in [0.5, 0.6) is 0 Å². The van der Waals surface area contributed by atoms with Gasteiger partial charge in [0.15, 0.2) is 0 Å². The molecular formula is C17H30N2. The van der Waals surface area contributed by atoms with Gasteiger partial charge in [-0.05, 0) is 24.7 Å². The minimum Gasteiger partial charge on any atom is -0.298 e. The average molecular weight is 262 g/mol. The van der Waals surface area contributed by atoms with Crippen LogP contribution in [0.2, 0.25) is 0 Å². The Bertz CT molecular complexity index is 323. The van der Waals surface area contributed by atoms with E-state index in [0.717, 1.165) is 24.4 Å². The molecule has 0 aromatic rings. The molecule has 1 heterocycles. The highest BCUT2D eigenvalue weighted by Gasteiger charge is 2.35. The third kappa shape index (κ3) is 4.23. The van der Waals surface area contributed by atoms with Gasteiger partial charge in [0.05, 0.1) is 6.54 Å². The zero-order chi connectivity index (χ0) is 13.8. The molecule has 0 N–H and O–H groups in total. The standard InChI is InChI=1S/C17H30N2/c1-14(2)6-5-7-18-8-10-19(11-9-18)17-12-16(13-17)15(3)4/h14-17H,7-13H2,1-4H3. The van der Waals surface area contributed by atoms with E-state index < -0.39 is 0 Å². The minimum absolute atomic E-state index is 0.504. The van der Waals surface area contributed by atoms with Gasteiger partial charge in [-0.1, -0.05) is 39.5 Å². The minimum atomic E-state index is 0.504. The zero-order valence-corrected chi connectivity index (χ0v) is 13.2. The van der Waals surface area contributed by atoms with Crippen LogP contribution in [0, 0.1) is 29.6 Å². The summed E-state index contributed by atoms with van der Waals surface area (Å²) in [6.07, 6.45) is 2.87. The largest absolute Gasteiger partial charge is 0.298 e. The van der Waals surface area contributed by atoms with Crippen molar-refractivity contribution >= 4 is 0 Å². The first-order valence-corrected chi connectivity index (χ1v) is 8.01. The van der Waals surface area contributed by atoms with Gasteiger partial charge in [-0.3, -0.25) is 9.80 Å². The fourth-order valence-corrected chi connectivity index (χ4v) is 3.12. The Morgan fingerprint density at radius 1 is 1.00 bits per heavy atom. The normalized spacial score (nSPS) is 29.2. The van der Waals surface area contributed by atoms with Crippen molar-refractivity contribution in [2.45, 2.75) is 46.6 Å². The predicted octanol–water partition coefficient (Wildman–Crippen LogP) is 2.70. The van der Waals surface area contributed by atoms with E-state index in [1.807, 2.05) is 0 Å². The van der Waals surface area contributed by atoms with Gasteiger partial charge in [0.1, 0.15) is 0 Å². The van der Waals surface area contributed by atoms with E-state index >= 15 is 0 Å². The molecule has 0 aromatic carbocycles. The Labute approximate surface area is 119 Å². The second-order valence-corrected chi connectivity index (χ2v) is 6.92. The first-order chi connectivity index (χ1) is 9.06. The summed E-state index contributed by atoms with van der Waals surface area (Å²) in [5.74, 6) is 8.94. The van der Waals surface area contributed by atoms with Crippen molar-refractivity contribution in [2.24, 2.45) is 17.8 Å². The van der Waals surface area contributed by atoms with Crippen molar-refractivity contribution in [3.05, 3.63) is 0 Å². The molecule has 2 fully saturated rings. The van der Waals surface area contributed by atoms with Crippen LogP contribution in [0.1, 0.15) is 40.5 Å². The van der Waals surface area contributed by atoms with Gasteiger partial charge in [-0.15, -0.1) is 0 Å². The summed E-state index contributed by atoms with van der Waals surface area (Å²) in [4.78, 5) is 5.22. The van der Waals surface area contributed by atoms with E-state index in [1.54, 1.807) is 0 Å². The Kier molecular flexibility index (Phi) is 5.30. The van der Waals surface area contributed by atoms with E-state index in [9.17, 15) is 0 Å². The molecule has 0 spiro atoms. The molecule has 0 amide bonds. The summed E-state index contributed by atoms with van der Waals surface area (Å²) in [5, 5.41) is 0. The van der Waals surface area contributed by atoms with Crippen molar-refractivity contribution in [1.82, 2.24) is 9.80 Å². The molecule has 0 atom stereocenters. The van der Waals surface area contributed by atoms with Gasteiger partial charge in [0, 0.05) is 38.1 Å². The lowest BCUT2D eigenvalue weighted by Gasteiger charge is -2.47. The molecule has 108 valence electrons. The van der Waals surface area contributed by atoms with Crippen LogP contribution in [0.15, 0.2) is 0 Å². The summed E-state index contributed by atoms with van der Waals surface area (Å²) < 4.78 is 0. The van der Waals surface area contributed by atoms with Gasteiger partial charge in [-0.2, -0.15) is 0 Å². The Morgan fingerprint density at radius 2 is 1.63 bits per heavy atom. The second kappa shape index (κ2) is 6.77. The summed E-state index contributed by atoms with van der Waals surface area (Å²) >= 11 is 0. The van der Waals surface area contributed by atoms with E-state index in [1.165, 1.54) is 39.0 Å². The molecule has 2 rings (SSSR count). The molecule has 0 unspecified atom stereocenters. The maximum atomic E-state index is 3.31. The van der Waals surface area contributed by atoms with Crippen molar-refractivity contribution < 1.29 is 0 Å². The third-order valence-electron chi connectivity index (χ3n) is 4.71. The molecule has 2 aliphatic rings. The van der Waals surface area contributed by atoms with Crippen molar-refractivity contribution in [2.75, 3.05) is 32.7 Å². The lowest BCUT2D eigenvalue weighted by atomic mass is 9.73. The molecule has 19 heavy (non-hydrogen) atoms. The van der Waals surface area contributed by atoms with Crippen LogP contribution in [-0.2, 0) is 0 Å². The van der Waals surface area contributed by atoms with Crippen LogP contribution in [0.3, 0.4) is 0 Å². The van der Waals surface area contributed by atoms with E-state index in [4.69, 9.17) is 0 Å². The fourth-order valence-electron chi connectivity index (χ4n) is 3.12. The highest BCUT2D eigenvalue weighted by Crippen LogP contribution is 2.37. The monoisotopic (exact) mass is 262 g/mol. The van der Waals surface area contributed by atoms with Crippen molar-refractivity contribution in [3.63, 3.8) is 0 Å². The van der Waals surface area contributed by atoms with Gasteiger partial charge in [-0.25, -0.2) is 0 Å². The summed E-state index contributed by atoms with van der Waals surface area (Å²) in [5.41, 5.74) is 0. The smallest absolute Gasteiger partial charge is 0.0602 e. The summed E-state index contributed by atoms with van der Waals surface area (Å²) in [7, 11) is 0. The molecule has 1 saturated heterocycles. The lowest BCUT2D eigenvalue weighted by molar-refractivity contribution is 0.0224. The molecule has 0 radical (unpaired) electrons. The molecule has 2 heteroatoms. The number of hydrogen-bond acceptors (Lipinski definition) is 2. The highest BCUT2D eigenvalue weighted by atomic mass is 15.3. The maximum absolute atomic E-state index is 3.31. The average Bonchev–Trinajstić information content (AvgIpc) is 2.28. The quantitative estimate of drug-likeness (QED) is 0.722. The van der Waals surface area contributed by atoms with Crippen LogP contribution in [0.4, 0.5) is 0 Å². The second-order valence-electron chi connectivity index (χ2n) is 6.92. The first-order valence-electron chi connectivity index (χ1n) is 8.01. The third-order valence-corrected chi connectivity index (χ3v) is 4.71. The van der Waals surface area contributed by atoms with Crippen LogP contribution < -0.4 is 0 Å². The van der Waals surface area contributed by atoms with Gasteiger partial charge in [0.2, 0.25) is 0 Å². The van der Waals surface area contributed by atoms with Gasteiger partial charge < -0.3 is 0 Å². The van der Waals surface area contributed by atoms with E-state index in [-0.39, 0.29) is 0 Å². The van der Waals surface area contributed by atoms with Crippen LogP contribution in [0.25, 0.3) is 0 Å². The molecule has 0 bridgehead atoms. The SMILES string of the molecule is CC(C)C#CCN1CCN(C2CC(C(C)C)C2)CC1. The van der Waals surface area contributed by atoms with Crippen LogP contribution >= 0.6 is 0 Å². The highest BCUT2D eigenvalue weighted by molar-refractivity contribution is 5.04. The summed E-state index contributed by atoms with van der Waals surface area (Å²) in [6, 6.07) is 0.885.